The minimum absolute atomic E-state index is 0.307. The van der Waals surface area contributed by atoms with Gasteiger partial charge in [0.25, 0.3) is 0 Å². The van der Waals surface area contributed by atoms with Crippen LogP contribution in [0.25, 0.3) is 22.4 Å². The van der Waals surface area contributed by atoms with Crippen LogP contribution in [0, 0.1) is 0 Å². The minimum atomic E-state index is -4.54. The highest BCUT2D eigenvalue weighted by Crippen LogP contribution is 2.43. The second-order valence-corrected chi connectivity index (χ2v) is 8.57. The molecular formula is C21H18F3N5OS. The lowest BCUT2D eigenvalue weighted by molar-refractivity contribution is -0.141. The summed E-state index contributed by atoms with van der Waals surface area (Å²) in [6.45, 7) is -0.307. The van der Waals surface area contributed by atoms with Crippen LogP contribution in [0.2, 0.25) is 0 Å². The highest BCUT2D eigenvalue weighted by atomic mass is 32.1. The highest BCUT2D eigenvalue weighted by molar-refractivity contribution is 7.17. The van der Waals surface area contributed by atoms with Crippen LogP contribution in [-0.4, -0.2) is 25.7 Å². The van der Waals surface area contributed by atoms with Crippen molar-refractivity contribution in [2.75, 3.05) is 5.32 Å². The Bertz CT molecular complexity index is 1240. The number of fused-ring (bicyclic) bond motifs is 2. The zero-order chi connectivity index (χ0) is 21.6. The molecule has 0 saturated carbocycles. The van der Waals surface area contributed by atoms with E-state index in [0.717, 1.165) is 59.2 Å². The summed E-state index contributed by atoms with van der Waals surface area (Å²) < 4.78 is 39.3. The molecule has 1 aliphatic rings. The van der Waals surface area contributed by atoms with Crippen molar-refractivity contribution >= 4 is 33.3 Å². The number of hydrogen-bond donors (Lipinski definition) is 2. The Labute approximate surface area is 179 Å². The predicted molar refractivity (Wildman–Crippen MR) is 112 cm³/mol. The number of anilines is 1. The molecule has 0 spiro atoms. The van der Waals surface area contributed by atoms with Crippen molar-refractivity contribution in [2.24, 2.45) is 0 Å². The number of rotatable bonds is 4. The van der Waals surface area contributed by atoms with Crippen LogP contribution in [0.15, 0.2) is 36.5 Å². The number of halogens is 3. The van der Waals surface area contributed by atoms with Crippen LogP contribution < -0.4 is 5.32 Å². The number of thiophene rings is 1. The maximum Gasteiger partial charge on any atom is 0.435 e. The van der Waals surface area contributed by atoms with E-state index < -0.39 is 17.8 Å². The number of hydrogen-bond acceptors (Lipinski definition) is 4. The lowest BCUT2D eigenvalue weighted by Gasteiger charge is -2.12. The fourth-order valence-corrected chi connectivity index (χ4v) is 5.20. The highest BCUT2D eigenvalue weighted by Gasteiger charge is 2.33. The average Bonchev–Trinajstić information content (AvgIpc) is 3.43. The summed E-state index contributed by atoms with van der Waals surface area (Å²) in [5, 5.41) is 7.00. The molecule has 1 aromatic carbocycles. The van der Waals surface area contributed by atoms with Gasteiger partial charge in [-0.2, -0.15) is 18.3 Å². The predicted octanol–water partition coefficient (Wildman–Crippen LogP) is 5.02. The third-order valence-electron chi connectivity index (χ3n) is 5.29. The van der Waals surface area contributed by atoms with E-state index in [4.69, 9.17) is 4.98 Å². The van der Waals surface area contributed by atoms with Crippen LogP contribution in [-0.2, 0) is 30.4 Å². The monoisotopic (exact) mass is 445 g/mol. The molecule has 0 atom stereocenters. The van der Waals surface area contributed by atoms with E-state index in [1.165, 1.54) is 21.8 Å². The molecule has 0 unspecified atom stereocenters. The molecule has 10 heteroatoms. The summed E-state index contributed by atoms with van der Waals surface area (Å²) in [7, 11) is 0. The summed E-state index contributed by atoms with van der Waals surface area (Å²) in [6.07, 6.45) is 0.621. The summed E-state index contributed by atoms with van der Waals surface area (Å²) >= 11 is 1.51. The van der Waals surface area contributed by atoms with Crippen LogP contribution in [0.1, 0.15) is 29.0 Å². The number of aromatic amines is 1. The number of amides is 1. The second-order valence-electron chi connectivity index (χ2n) is 7.46. The van der Waals surface area contributed by atoms with Gasteiger partial charge in [-0.15, -0.1) is 11.3 Å². The third kappa shape index (κ3) is 3.83. The largest absolute Gasteiger partial charge is 0.435 e. The van der Waals surface area contributed by atoms with E-state index in [9.17, 15) is 18.0 Å². The first-order chi connectivity index (χ1) is 14.9. The number of alkyl halides is 3. The molecule has 3 aromatic heterocycles. The van der Waals surface area contributed by atoms with Crippen molar-refractivity contribution < 1.29 is 18.0 Å². The van der Waals surface area contributed by atoms with Crippen molar-refractivity contribution in [1.29, 1.82) is 0 Å². The lowest BCUT2D eigenvalue weighted by Crippen LogP contribution is -2.19. The Balaban J connectivity index is 1.45. The topological polar surface area (TPSA) is 75.6 Å². The summed E-state index contributed by atoms with van der Waals surface area (Å²) in [5.74, 6) is 0.252. The van der Waals surface area contributed by atoms with Crippen molar-refractivity contribution in [3.8, 4) is 11.4 Å². The SMILES string of the molecule is O=C(Cn1ccc(C(F)(F)F)n1)Nc1sc2c(c1-c1nc3ccccc3[nH]1)CCCC2. The summed E-state index contributed by atoms with van der Waals surface area (Å²) in [5.41, 5.74) is 2.78. The van der Waals surface area contributed by atoms with Crippen LogP contribution in [0.3, 0.4) is 0 Å². The number of H-pyrrole nitrogens is 1. The molecular weight excluding hydrogens is 427 g/mol. The van der Waals surface area contributed by atoms with Gasteiger partial charge in [0.2, 0.25) is 5.91 Å². The maximum atomic E-state index is 12.8. The molecule has 160 valence electrons. The molecule has 0 fully saturated rings. The van der Waals surface area contributed by atoms with E-state index in [2.05, 4.69) is 15.4 Å². The Morgan fingerprint density at radius 2 is 2.00 bits per heavy atom. The Kier molecular flexibility index (Phi) is 4.81. The van der Waals surface area contributed by atoms with Crippen molar-refractivity contribution in [2.45, 2.75) is 38.4 Å². The summed E-state index contributed by atoms with van der Waals surface area (Å²) in [4.78, 5) is 21.9. The molecule has 5 rings (SSSR count). The van der Waals surface area contributed by atoms with Gasteiger partial charge in [0, 0.05) is 11.1 Å². The molecule has 31 heavy (non-hydrogen) atoms. The lowest BCUT2D eigenvalue weighted by atomic mass is 9.95. The number of nitrogens with one attached hydrogen (secondary N) is 2. The number of aromatic nitrogens is 4. The fraction of sp³-hybridized carbons (Fsp3) is 0.286. The summed E-state index contributed by atoms with van der Waals surface area (Å²) in [6, 6.07) is 8.56. The molecule has 4 aromatic rings. The molecule has 0 aliphatic heterocycles. The number of benzene rings is 1. The number of carbonyl (C=O) groups excluding carboxylic acids is 1. The number of nitrogens with zero attached hydrogens (tertiary/aromatic N) is 3. The molecule has 1 amide bonds. The van der Waals surface area contributed by atoms with Gasteiger partial charge in [0.05, 0.1) is 16.6 Å². The van der Waals surface area contributed by atoms with Crippen molar-refractivity contribution in [1.82, 2.24) is 19.7 Å². The standard InChI is InChI=1S/C21H18F3N5OS/c22-21(23,24)16-9-10-29(28-16)11-17(30)27-20-18(12-5-1-4-8-15(12)31-20)19-25-13-6-2-3-7-14(13)26-19/h2-3,6-7,9-10H,1,4-5,8,11H2,(H,25,26)(H,27,30). The van der Waals surface area contributed by atoms with Gasteiger partial charge in [0.1, 0.15) is 17.4 Å². The van der Waals surface area contributed by atoms with E-state index in [1.807, 2.05) is 24.3 Å². The molecule has 1 aliphatic carbocycles. The van der Waals surface area contributed by atoms with E-state index in [0.29, 0.717) is 10.8 Å². The second kappa shape index (κ2) is 7.52. The van der Waals surface area contributed by atoms with Gasteiger partial charge in [-0.05, 0) is 49.4 Å². The fourth-order valence-electron chi connectivity index (χ4n) is 3.89. The van der Waals surface area contributed by atoms with Gasteiger partial charge in [-0.3, -0.25) is 9.48 Å². The maximum absolute atomic E-state index is 12.8. The van der Waals surface area contributed by atoms with E-state index in [-0.39, 0.29) is 6.54 Å². The Morgan fingerprint density at radius 3 is 2.77 bits per heavy atom. The number of para-hydroxylation sites is 2. The van der Waals surface area contributed by atoms with Gasteiger partial charge in [-0.1, -0.05) is 12.1 Å². The normalized spacial score (nSPS) is 14.0. The Hall–Kier alpha value is -3.14. The molecule has 0 saturated heterocycles. The average molecular weight is 445 g/mol. The van der Waals surface area contributed by atoms with Gasteiger partial charge < -0.3 is 10.3 Å². The zero-order valence-corrected chi connectivity index (χ0v) is 17.1. The number of aryl methyl sites for hydroxylation is 1. The number of carbonyl (C=O) groups is 1. The van der Waals surface area contributed by atoms with E-state index in [1.54, 1.807) is 0 Å². The molecule has 0 radical (unpaired) electrons. The quantitative estimate of drug-likeness (QED) is 0.463. The third-order valence-corrected chi connectivity index (χ3v) is 6.49. The molecule has 0 bridgehead atoms. The first kappa shape index (κ1) is 19.8. The molecule has 2 N–H and O–H groups in total. The van der Waals surface area contributed by atoms with Crippen LogP contribution in [0.4, 0.5) is 18.2 Å². The smallest absolute Gasteiger partial charge is 0.338 e. The minimum Gasteiger partial charge on any atom is -0.338 e. The first-order valence-electron chi connectivity index (χ1n) is 9.88. The first-order valence-corrected chi connectivity index (χ1v) is 10.7. The van der Waals surface area contributed by atoms with Gasteiger partial charge >= 0.3 is 6.18 Å². The van der Waals surface area contributed by atoms with E-state index >= 15 is 0 Å². The molecule has 3 heterocycles. The van der Waals surface area contributed by atoms with Crippen molar-refractivity contribution in [3.63, 3.8) is 0 Å². The zero-order valence-electron chi connectivity index (χ0n) is 16.3. The van der Waals surface area contributed by atoms with Gasteiger partial charge in [-0.25, -0.2) is 4.98 Å². The molecule has 6 nitrogen and oxygen atoms in total. The Morgan fingerprint density at radius 1 is 1.19 bits per heavy atom. The van der Waals surface area contributed by atoms with Gasteiger partial charge in [0.15, 0.2) is 5.69 Å². The van der Waals surface area contributed by atoms with Crippen LogP contribution >= 0.6 is 11.3 Å². The number of imidazole rings is 1. The van der Waals surface area contributed by atoms with Crippen LogP contribution in [0.5, 0.6) is 0 Å². The van der Waals surface area contributed by atoms with Crippen molar-refractivity contribution in [3.05, 3.63) is 52.7 Å².